The number of hydrazone groups is 1. The Kier molecular flexibility index (Phi) is 6.95. The Morgan fingerprint density at radius 2 is 1.50 bits per heavy atom. The Bertz CT molecular complexity index is 1400. The van der Waals surface area contributed by atoms with Gasteiger partial charge in [0.25, 0.3) is 0 Å². The number of nitrogens with zero attached hydrogens (tertiary/aromatic N) is 1. The average molecular weight is 472 g/mol. The normalized spacial score (nSPS) is 10.7. The summed E-state index contributed by atoms with van der Waals surface area (Å²) in [4.78, 5) is 36.9. The van der Waals surface area contributed by atoms with Crippen LogP contribution in [0.4, 0.5) is 5.69 Å². The van der Waals surface area contributed by atoms with Crippen LogP contribution in [0.1, 0.15) is 15.9 Å². The van der Waals surface area contributed by atoms with Crippen molar-refractivity contribution in [3.05, 3.63) is 107 Å². The number of ether oxygens (including phenoxy) is 1. The molecule has 0 aromatic heterocycles. The summed E-state index contributed by atoms with van der Waals surface area (Å²) in [5, 5.41) is 8.66. The number of carbonyl (C=O) groups is 3. The maximum absolute atomic E-state index is 12.4. The lowest BCUT2D eigenvalue weighted by Gasteiger charge is -2.08. The second kappa shape index (κ2) is 10.4. The van der Waals surface area contributed by atoms with E-state index in [4.69, 9.17) is 16.3 Å². The van der Waals surface area contributed by atoms with Crippen LogP contribution in [0.2, 0.25) is 5.02 Å². The summed E-state index contributed by atoms with van der Waals surface area (Å²) in [5.74, 6) is -2.15. The Hall–Kier alpha value is -4.49. The molecular weight excluding hydrogens is 454 g/mol. The van der Waals surface area contributed by atoms with Crippen LogP contribution in [0.3, 0.4) is 0 Å². The average Bonchev–Trinajstić information content (AvgIpc) is 2.85. The van der Waals surface area contributed by atoms with Crippen LogP contribution in [0.5, 0.6) is 5.75 Å². The molecule has 7 nitrogen and oxygen atoms in total. The number of amides is 2. The van der Waals surface area contributed by atoms with Crippen molar-refractivity contribution in [3.63, 3.8) is 0 Å². The molecular formula is C26H18ClN3O4. The van der Waals surface area contributed by atoms with E-state index >= 15 is 0 Å². The number of esters is 1. The number of fused-ring (bicyclic) bond motifs is 1. The number of benzene rings is 4. The minimum absolute atomic E-state index is 0.237. The molecule has 0 bridgehead atoms. The monoisotopic (exact) mass is 471 g/mol. The standard InChI is InChI=1S/C26H18ClN3O4/c27-20-14-12-18(13-15-20)26(33)34-23-11-4-2-7-19(23)16-28-30-25(32)24(31)29-22-10-5-8-17-6-1-3-9-21(17)22/h1-16H,(H,29,31)(H,30,32)/b28-16+. The van der Waals surface area contributed by atoms with E-state index < -0.39 is 17.8 Å². The predicted molar refractivity (Wildman–Crippen MR) is 131 cm³/mol. The Morgan fingerprint density at radius 3 is 2.32 bits per heavy atom. The maximum atomic E-state index is 12.4. The number of anilines is 1. The zero-order valence-electron chi connectivity index (χ0n) is 17.7. The van der Waals surface area contributed by atoms with Crippen LogP contribution in [-0.2, 0) is 9.59 Å². The molecule has 2 N–H and O–H groups in total. The molecule has 34 heavy (non-hydrogen) atoms. The van der Waals surface area contributed by atoms with Gasteiger partial charge < -0.3 is 10.1 Å². The summed E-state index contributed by atoms with van der Waals surface area (Å²) in [7, 11) is 0. The topological polar surface area (TPSA) is 96.9 Å². The smallest absolute Gasteiger partial charge is 0.343 e. The van der Waals surface area contributed by atoms with Gasteiger partial charge in [0, 0.05) is 21.7 Å². The molecule has 0 saturated carbocycles. The molecule has 0 spiro atoms. The van der Waals surface area contributed by atoms with Gasteiger partial charge in [-0.25, -0.2) is 10.2 Å². The van der Waals surface area contributed by atoms with E-state index in [2.05, 4.69) is 15.8 Å². The molecule has 0 unspecified atom stereocenters. The van der Waals surface area contributed by atoms with Gasteiger partial charge >= 0.3 is 17.8 Å². The van der Waals surface area contributed by atoms with Gasteiger partial charge in [0.1, 0.15) is 5.75 Å². The lowest BCUT2D eigenvalue weighted by atomic mass is 10.1. The van der Waals surface area contributed by atoms with E-state index in [1.54, 1.807) is 60.7 Å². The quantitative estimate of drug-likeness (QED) is 0.144. The van der Waals surface area contributed by atoms with Crippen molar-refractivity contribution in [2.75, 3.05) is 5.32 Å². The molecule has 0 aliphatic carbocycles. The fourth-order valence-electron chi connectivity index (χ4n) is 3.15. The van der Waals surface area contributed by atoms with E-state index in [0.717, 1.165) is 10.8 Å². The molecule has 0 aliphatic heterocycles. The number of para-hydroxylation sites is 1. The number of halogens is 1. The fraction of sp³-hybridized carbons (Fsp3) is 0. The van der Waals surface area contributed by atoms with Crippen LogP contribution >= 0.6 is 11.6 Å². The first-order chi connectivity index (χ1) is 16.5. The molecule has 8 heteroatoms. The van der Waals surface area contributed by atoms with Gasteiger partial charge in [0.05, 0.1) is 11.8 Å². The molecule has 168 valence electrons. The molecule has 0 atom stereocenters. The van der Waals surface area contributed by atoms with Crippen molar-refractivity contribution >= 4 is 52.1 Å². The van der Waals surface area contributed by atoms with Crippen molar-refractivity contribution in [2.45, 2.75) is 0 Å². The summed E-state index contributed by atoms with van der Waals surface area (Å²) < 4.78 is 5.43. The second-order valence-electron chi connectivity index (χ2n) is 7.11. The third kappa shape index (κ3) is 5.46. The van der Waals surface area contributed by atoms with Crippen LogP contribution in [0.25, 0.3) is 10.8 Å². The van der Waals surface area contributed by atoms with Crippen molar-refractivity contribution in [1.29, 1.82) is 0 Å². The Balaban J connectivity index is 1.40. The van der Waals surface area contributed by atoms with E-state index in [9.17, 15) is 14.4 Å². The number of hydrogen-bond acceptors (Lipinski definition) is 5. The van der Waals surface area contributed by atoms with Gasteiger partial charge in [-0.3, -0.25) is 9.59 Å². The van der Waals surface area contributed by atoms with Crippen LogP contribution in [0, 0.1) is 0 Å². The third-order valence-electron chi connectivity index (χ3n) is 4.82. The molecule has 4 aromatic rings. The van der Waals surface area contributed by atoms with Gasteiger partial charge in [-0.15, -0.1) is 0 Å². The first kappa shape index (κ1) is 22.7. The largest absolute Gasteiger partial charge is 0.422 e. The highest BCUT2D eigenvalue weighted by Gasteiger charge is 2.15. The Morgan fingerprint density at radius 1 is 0.794 bits per heavy atom. The summed E-state index contributed by atoms with van der Waals surface area (Å²) in [6.45, 7) is 0. The number of carbonyl (C=O) groups excluding carboxylic acids is 3. The molecule has 4 rings (SSSR count). The zero-order valence-corrected chi connectivity index (χ0v) is 18.5. The molecule has 2 amide bonds. The van der Waals surface area contributed by atoms with Crippen LogP contribution < -0.4 is 15.5 Å². The third-order valence-corrected chi connectivity index (χ3v) is 5.07. The van der Waals surface area contributed by atoms with Crippen molar-refractivity contribution in [3.8, 4) is 5.75 Å². The van der Waals surface area contributed by atoms with Crippen molar-refractivity contribution in [1.82, 2.24) is 5.43 Å². The number of hydrogen-bond donors (Lipinski definition) is 2. The summed E-state index contributed by atoms with van der Waals surface area (Å²) >= 11 is 5.85. The maximum Gasteiger partial charge on any atom is 0.343 e. The fourth-order valence-corrected chi connectivity index (χ4v) is 3.28. The number of rotatable bonds is 5. The van der Waals surface area contributed by atoms with E-state index in [1.165, 1.54) is 6.21 Å². The highest BCUT2D eigenvalue weighted by Crippen LogP contribution is 2.23. The Labute approximate surface area is 200 Å². The minimum atomic E-state index is -0.945. The predicted octanol–water partition coefficient (Wildman–Crippen LogP) is 4.80. The van der Waals surface area contributed by atoms with E-state index in [1.807, 2.05) is 30.3 Å². The van der Waals surface area contributed by atoms with Gasteiger partial charge in [0.15, 0.2) is 0 Å². The molecule has 0 aliphatic rings. The summed E-state index contributed by atoms with van der Waals surface area (Å²) in [5.41, 5.74) is 3.45. The summed E-state index contributed by atoms with van der Waals surface area (Å²) in [6.07, 6.45) is 1.29. The summed E-state index contributed by atoms with van der Waals surface area (Å²) in [6, 6.07) is 25.8. The lowest BCUT2D eigenvalue weighted by molar-refractivity contribution is -0.136. The molecule has 0 radical (unpaired) electrons. The molecule has 0 heterocycles. The van der Waals surface area contributed by atoms with Gasteiger partial charge in [-0.05, 0) is 47.9 Å². The van der Waals surface area contributed by atoms with E-state index in [-0.39, 0.29) is 5.75 Å². The van der Waals surface area contributed by atoms with Crippen LogP contribution in [-0.4, -0.2) is 24.0 Å². The van der Waals surface area contributed by atoms with E-state index in [0.29, 0.717) is 21.8 Å². The van der Waals surface area contributed by atoms with Gasteiger partial charge in [0.2, 0.25) is 0 Å². The van der Waals surface area contributed by atoms with Crippen LogP contribution in [0.15, 0.2) is 96.1 Å². The first-order valence-corrected chi connectivity index (χ1v) is 10.6. The molecule has 4 aromatic carbocycles. The SMILES string of the molecule is O=C(N/N=C/c1ccccc1OC(=O)c1ccc(Cl)cc1)C(=O)Nc1cccc2ccccc12. The highest BCUT2D eigenvalue weighted by molar-refractivity contribution is 6.40. The van der Waals surface area contributed by atoms with Gasteiger partial charge in [-0.1, -0.05) is 60.1 Å². The second-order valence-corrected chi connectivity index (χ2v) is 7.55. The first-order valence-electron chi connectivity index (χ1n) is 10.2. The zero-order chi connectivity index (χ0) is 23.9. The van der Waals surface area contributed by atoms with Gasteiger partial charge in [-0.2, -0.15) is 5.10 Å². The number of nitrogens with one attached hydrogen (secondary N) is 2. The highest BCUT2D eigenvalue weighted by atomic mass is 35.5. The minimum Gasteiger partial charge on any atom is -0.422 e. The van der Waals surface area contributed by atoms with Crippen molar-refractivity contribution < 1.29 is 19.1 Å². The lowest BCUT2D eigenvalue weighted by Crippen LogP contribution is -2.32. The molecule has 0 saturated heterocycles. The van der Waals surface area contributed by atoms with Crippen molar-refractivity contribution in [2.24, 2.45) is 5.10 Å². The molecule has 0 fully saturated rings.